The van der Waals surface area contributed by atoms with Gasteiger partial charge in [-0.15, -0.1) is 0 Å². The molecule has 0 saturated carbocycles. The van der Waals surface area contributed by atoms with Crippen LogP contribution in [0.4, 0.5) is 17.1 Å². The molecule has 0 bridgehead atoms. The Hall–Kier alpha value is -4.34. The molecule has 9 nitrogen and oxygen atoms in total. The Balaban J connectivity index is 1.45. The Bertz CT molecular complexity index is 1510. The van der Waals surface area contributed by atoms with Gasteiger partial charge < -0.3 is 20.3 Å². The van der Waals surface area contributed by atoms with Crippen molar-refractivity contribution < 1.29 is 19.1 Å². The molecule has 3 aromatic rings. The van der Waals surface area contributed by atoms with Crippen LogP contribution in [0.2, 0.25) is 0 Å². The minimum absolute atomic E-state index is 0.0381. The van der Waals surface area contributed by atoms with Gasteiger partial charge in [-0.25, -0.2) is 4.79 Å². The van der Waals surface area contributed by atoms with Crippen LogP contribution in [-0.4, -0.2) is 80.2 Å². The van der Waals surface area contributed by atoms with Crippen LogP contribution < -0.4 is 10.6 Å². The van der Waals surface area contributed by atoms with Gasteiger partial charge in [-0.1, -0.05) is 36.4 Å². The third kappa shape index (κ3) is 6.06. The molecule has 3 aromatic carbocycles. The van der Waals surface area contributed by atoms with Crippen molar-refractivity contribution >= 4 is 40.6 Å². The largest absolute Gasteiger partial charge is 0.465 e. The number of benzene rings is 3. The molecule has 0 radical (unpaired) electrons. The van der Waals surface area contributed by atoms with Crippen molar-refractivity contribution in [2.75, 3.05) is 57.5 Å². The fourth-order valence-corrected chi connectivity index (χ4v) is 5.27. The van der Waals surface area contributed by atoms with E-state index in [1.54, 1.807) is 18.2 Å². The highest BCUT2D eigenvalue weighted by Gasteiger charge is 2.36. The van der Waals surface area contributed by atoms with E-state index in [1.165, 1.54) is 7.11 Å². The fraction of sp³-hybridized carbons (Fsp3) is 0.312. The summed E-state index contributed by atoms with van der Waals surface area (Å²) in [6, 6.07) is 18.4. The van der Waals surface area contributed by atoms with Gasteiger partial charge in [-0.2, -0.15) is 0 Å². The molecule has 2 heterocycles. The Morgan fingerprint density at radius 3 is 2.41 bits per heavy atom. The molecule has 1 atom stereocenters. The standard InChI is InChI=1S/C32H35N5O4/c1-20-21(2)26(13-12-25(20)33-28(38)19-37-16-14-36(3)15-17-37)34-30(22-8-6-5-7-9-22)29-24-11-10-23(32(40)41-4)18-27(24)35-31(29)39/h5-13,18,29H,14-17,19H2,1-4H3,(H,33,38)(H,35,39). The van der Waals surface area contributed by atoms with Crippen LogP contribution >= 0.6 is 0 Å². The summed E-state index contributed by atoms with van der Waals surface area (Å²) >= 11 is 0. The SMILES string of the molecule is COC(=O)c1ccc2c(c1)NC(=O)C2C(=Nc1ccc(NC(=O)CN2CCN(C)CC2)c(C)c1C)c1ccccc1. The zero-order chi connectivity index (χ0) is 29.1. The first-order valence-electron chi connectivity index (χ1n) is 13.7. The zero-order valence-electron chi connectivity index (χ0n) is 23.9. The van der Waals surface area contributed by atoms with Gasteiger partial charge in [0.05, 0.1) is 30.6 Å². The molecule has 1 fully saturated rings. The highest BCUT2D eigenvalue weighted by molar-refractivity contribution is 6.24. The fourth-order valence-electron chi connectivity index (χ4n) is 5.27. The molecule has 0 aromatic heterocycles. The van der Waals surface area contributed by atoms with Crippen LogP contribution in [0.3, 0.4) is 0 Å². The second-order valence-electron chi connectivity index (χ2n) is 10.6. The summed E-state index contributed by atoms with van der Waals surface area (Å²) in [6.07, 6.45) is 0. The van der Waals surface area contributed by atoms with Gasteiger partial charge in [-0.3, -0.25) is 19.5 Å². The topological polar surface area (TPSA) is 103 Å². The number of rotatable bonds is 7. The number of carbonyl (C=O) groups excluding carboxylic acids is 3. The summed E-state index contributed by atoms with van der Waals surface area (Å²) in [5.41, 5.74) is 6.39. The number of amides is 2. The van der Waals surface area contributed by atoms with Crippen molar-refractivity contribution in [2.45, 2.75) is 19.8 Å². The van der Waals surface area contributed by atoms with E-state index < -0.39 is 11.9 Å². The van der Waals surface area contributed by atoms with Gasteiger partial charge in [0.2, 0.25) is 11.8 Å². The number of esters is 1. The molecule has 1 unspecified atom stereocenters. The van der Waals surface area contributed by atoms with E-state index in [4.69, 9.17) is 9.73 Å². The van der Waals surface area contributed by atoms with Crippen LogP contribution in [0.25, 0.3) is 0 Å². The molecule has 5 rings (SSSR count). The zero-order valence-corrected chi connectivity index (χ0v) is 23.9. The van der Waals surface area contributed by atoms with Gasteiger partial charge >= 0.3 is 5.97 Å². The second-order valence-corrected chi connectivity index (χ2v) is 10.6. The number of hydrogen-bond acceptors (Lipinski definition) is 7. The summed E-state index contributed by atoms with van der Waals surface area (Å²) in [5.74, 6) is -1.39. The van der Waals surface area contributed by atoms with Gasteiger partial charge in [0, 0.05) is 37.6 Å². The minimum atomic E-state index is -0.665. The summed E-state index contributed by atoms with van der Waals surface area (Å²) in [4.78, 5) is 47.7. The third-order valence-electron chi connectivity index (χ3n) is 7.89. The lowest BCUT2D eigenvalue weighted by Crippen LogP contribution is -2.47. The molecular formula is C32H35N5O4. The molecular weight excluding hydrogens is 518 g/mol. The Kier molecular flexibility index (Phi) is 8.28. The molecule has 2 aliphatic heterocycles. The number of hydrogen-bond donors (Lipinski definition) is 2. The Labute approximate surface area is 240 Å². The first kappa shape index (κ1) is 28.2. The third-order valence-corrected chi connectivity index (χ3v) is 7.89. The van der Waals surface area contributed by atoms with Crippen molar-refractivity contribution in [2.24, 2.45) is 4.99 Å². The molecule has 9 heteroatoms. The first-order chi connectivity index (χ1) is 19.7. The summed E-state index contributed by atoms with van der Waals surface area (Å²) in [5, 5.41) is 5.99. The lowest BCUT2D eigenvalue weighted by Gasteiger charge is -2.31. The lowest BCUT2D eigenvalue weighted by atomic mass is 9.90. The van der Waals surface area contributed by atoms with Crippen molar-refractivity contribution in [3.05, 3.63) is 88.5 Å². The Morgan fingerprint density at radius 1 is 0.976 bits per heavy atom. The number of carbonyl (C=O) groups is 3. The van der Waals surface area contributed by atoms with E-state index >= 15 is 0 Å². The molecule has 0 aliphatic carbocycles. The smallest absolute Gasteiger partial charge is 0.337 e. The van der Waals surface area contributed by atoms with Crippen molar-refractivity contribution in [3.8, 4) is 0 Å². The summed E-state index contributed by atoms with van der Waals surface area (Å²) < 4.78 is 4.84. The number of fused-ring (bicyclic) bond motifs is 1. The quantitative estimate of drug-likeness (QED) is 0.337. The molecule has 212 valence electrons. The Morgan fingerprint density at radius 2 is 1.71 bits per heavy atom. The maximum absolute atomic E-state index is 13.3. The van der Waals surface area contributed by atoms with Crippen molar-refractivity contribution in [3.63, 3.8) is 0 Å². The molecule has 41 heavy (non-hydrogen) atoms. The number of ether oxygens (including phenoxy) is 1. The number of likely N-dealkylation sites (N-methyl/N-ethyl adjacent to an activating group) is 1. The van der Waals surface area contributed by atoms with Crippen LogP contribution in [0.1, 0.15) is 38.5 Å². The molecule has 0 spiro atoms. The molecule has 2 amide bonds. The van der Waals surface area contributed by atoms with E-state index in [0.29, 0.717) is 29.2 Å². The van der Waals surface area contributed by atoms with E-state index in [0.717, 1.165) is 54.1 Å². The monoisotopic (exact) mass is 553 g/mol. The maximum Gasteiger partial charge on any atom is 0.337 e. The molecule has 2 aliphatic rings. The van der Waals surface area contributed by atoms with Crippen LogP contribution in [0.15, 0.2) is 65.7 Å². The highest BCUT2D eigenvalue weighted by atomic mass is 16.5. The predicted octanol–water partition coefficient (Wildman–Crippen LogP) is 4.13. The van der Waals surface area contributed by atoms with Gasteiger partial charge in [0.15, 0.2) is 0 Å². The second kappa shape index (κ2) is 12.0. The van der Waals surface area contributed by atoms with Gasteiger partial charge in [0.25, 0.3) is 0 Å². The predicted molar refractivity (Wildman–Crippen MR) is 160 cm³/mol. The van der Waals surface area contributed by atoms with Crippen molar-refractivity contribution in [1.82, 2.24) is 9.80 Å². The lowest BCUT2D eigenvalue weighted by molar-refractivity contribution is -0.118. The number of methoxy groups -OCH3 is 1. The molecule has 1 saturated heterocycles. The normalized spacial score (nSPS) is 17.6. The summed E-state index contributed by atoms with van der Waals surface area (Å²) in [6.45, 7) is 7.96. The average Bonchev–Trinajstić information content (AvgIpc) is 3.31. The van der Waals surface area contributed by atoms with Crippen LogP contribution in [0, 0.1) is 13.8 Å². The van der Waals surface area contributed by atoms with Crippen LogP contribution in [0.5, 0.6) is 0 Å². The van der Waals surface area contributed by atoms with Crippen LogP contribution in [-0.2, 0) is 14.3 Å². The number of aliphatic imine (C=N–C) groups is 1. The summed E-state index contributed by atoms with van der Waals surface area (Å²) in [7, 11) is 3.42. The van der Waals surface area contributed by atoms with E-state index in [1.807, 2.05) is 56.3 Å². The van der Waals surface area contributed by atoms with Gasteiger partial charge in [-0.05, 0) is 67.4 Å². The van der Waals surface area contributed by atoms with E-state index in [9.17, 15) is 14.4 Å². The first-order valence-corrected chi connectivity index (χ1v) is 13.7. The average molecular weight is 554 g/mol. The van der Waals surface area contributed by atoms with Crippen molar-refractivity contribution in [1.29, 1.82) is 0 Å². The highest BCUT2D eigenvalue weighted by Crippen LogP contribution is 2.38. The van der Waals surface area contributed by atoms with Gasteiger partial charge in [0.1, 0.15) is 5.92 Å². The number of nitrogens with zero attached hydrogens (tertiary/aromatic N) is 3. The van der Waals surface area contributed by atoms with E-state index in [2.05, 4.69) is 27.5 Å². The number of nitrogens with one attached hydrogen (secondary N) is 2. The number of piperazine rings is 1. The minimum Gasteiger partial charge on any atom is -0.465 e. The molecule has 2 N–H and O–H groups in total. The number of anilines is 2. The van der Waals surface area contributed by atoms with E-state index in [-0.39, 0.29) is 11.8 Å². The maximum atomic E-state index is 13.3.